The summed E-state index contributed by atoms with van der Waals surface area (Å²) in [5.74, 6) is -1.41. The number of halogens is 3. The van der Waals surface area contributed by atoms with E-state index in [0.29, 0.717) is 23.8 Å². The van der Waals surface area contributed by atoms with Crippen LogP contribution in [0.4, 0.5) is 13.2 Å². The number of fused-ring (bicyclic) bond motifs is 3. The van der Waals surface area contributed by atoms with Gasteiger partial charge in [0.2, 0.25) is 0 Å². The van der Waals surface area contributed by atoms with Gasteiger partial charge in [0.1, 0.15) is 0 Å². The minimum atomic E-state index is -4.42. The van der Waals surface area contributed by atoms with Gasteiger partial charge in [-0.25, -0.2) is 0 Å². The standard InChI is InChI=1S/C14H12F3NO2/c15-14(16,17)10-3-1-2-8-9-6-7(13(19)20)4-5-11(9)18-12(8)10/h1-3,7,18H,4-6H2,(H,19,20). The highest BCUT2D eigenvalue weighted by Crippen LogP contribution is 2.38. The van der Waals surface area contributed by atoms with Crippen LogP contribution in [0.15, 0.2) is 18.2 Å². The molecule has 20 heavy (non-hydrogen) atoms. The van der Waals surface area contributed by atoms with Gasteiger partial charge in [0.15, 0.2) is 0 Å². The maximum atomic E-state index is 13.0. The average Bonchev–Trinajstić information content (AvgIpc) is 2.74. The number of hydrogen-bond acceptors (Lipinski definition) is 1. The van der Waals surface area contributed by atoms with Crippen LogP contribution < -0.4 is 0 Å². The Morgan fingerprint density at radius 1 is 1.35 bits per heavy atom. The van der Waals surface area contributed by atoms with Crippen LogP contribution in [0.3, 0.4) is 0 Å². The molecule has 0 spiro atoms. The van der Waals surface area contributed by atoms with Gasteiger partial charge in [-0.1, -0.05) is 12.1 Å². The maximum Gasteiger partial charge on any atom is 0.418 e. The first kappa shape index (κ1) is 13.0. The molecule has 0 fully saturated rings. The second kappa shape index (κ2) is 4.26. The van der Waals surface area contributed by atoms with Crippen LogP contribution >= 0.6 is 0 Å². The molecule has 0 amide bonds. The smallest absolute Gasteiger partial charge is 0.418 e. The largest absolute Gasteiger partial charge is 0.481 e. The van der Waals surface area contributed by atoms with Crippen molar-refractivity contribution in [3.05, 3.63) is 35.0 Å². The Morgan fingerprint density at radius 2 is 2.10 bits per heavy atom. The highest BCUT2D eigenvalue weighted by Gasteiger charge is 2.35. The molecular formula is C14H12F3NO2. The molecule has 1 heterocycles. The van der Waals surface area contributed by atoms with Crippen LogP contribution in [0, 0.1) is 5.92 Å². The van der Waals surface area contributed by atoms with Crippen molar-refractivity contribution in [2.45, 2.75) is 25.4 Å². The van der Waals surface area contributed by atoms with Gasteiger partial charge in [0.25, 0.3) is 0 Å². The van der Waals surface area contributed by atoms with Crippen molar-refractivity contribution in [2.24, 2.45) is 5.92 Å². The van der Waals surface area contributed by atoms with Crippen molar-refractivity contribution in [1.82, 2.24) is 4.98 Å². The van der Waals surface area contributed by atoms with E-state index in [1.165, 1.54) is 6.07 Å². The zero-order valence-electron chi connectivity index (χ0n) is 10.4. The molecule has 3 nitrogen and oxygen atoms in total. The van der Waals surface area contributed by atoms with Crippen molar-refractivity contribution in [1.29, 1.82) is 0 Å². The molecule has 2 N–H and O–H groups in total. The van der Waals surface area contributed by atoms with E-state index in [2.05, 4.69) is 4.98 Å². The minimum absolute atomic E-state index is 0.0658. The summed E-state index contributed by atoms with van der Waals surface area (Å²) in [6, 6.07) is 4.02. The summed E-state index contributed by atoms with van der Waals surface area (Å²) < 4.78 is 38.9. The minimum Gasteiger partial charge on any atom is -0.481 e. The van der Waals surface area contributed by atoms with Gasteiger partial charge >= 0.3 is 12.1 Å². The molecule has 1 atom stereocenters. The highest BCUT2D eigenvalue weighted by atomic mass is 19.4. The van der Waals surface area contributed by atoms with Gasteiger partial charge in [-0.3, -0.25) is 4.79 Å². The fourth-order valence-electron chi connectivity index (χ4n) is 2.89. The van der Waals surface area contributed by atoms with Gasteiger partial charge in [-0.2, -0.15) is 13.2 Å². The lowest BCUT2D eigenvalue weighted by atomic mass is 9.86. The normalized spacial score (nSPS) is 19.1. The van der Waals surface area contributed by atoms with Crippen LogP contribution in [0.1, 0.15) is 23.2 Å². The number of aliphatic carboxylic acids is 1. The van der Waals surface area contributed by atoms with E-state index >= 15 is 0 Å². The number of H-pyrrole nitrogens is 1. The Balaban J connectivity index is 2.17. The van der Waals surface area contributed by atoms with Crippen LogP contribution in [0.5, 0.6) is 0 Å². The van der Waals surface area contributed by atoms with E-state index in [1.807, 2.05) is 0 Å². The number of nitrogens with one attached hydrogen (secondary N) is 1. The van der Waals surface area contributed by atoms with E-state index in [9.17, 15) is 18.0 Å². The number of carboxylic acid groups (broad SMARTS) is 1. The number of para-hydroxylation sites is 1. The van der Waals surface area contributed by atoms with Crippen molar-refractivity contribution >= 4 is 16.9 Å². The first-order chi connectivity index (χ1) is 9.38. The number of aromatic amines is 1. The zero-order valence-corrected chi connectivity index (χ0v) is 10.4. The summed E-state index contributed by atoms with van der Waals surface area (Å²) in [5, 5.41) is 9.55. The Labute approximate surface area is 112 Å². The number of aryl methyl sites for hydroxylation is 1. The lowest BCUT2D eigenvalue weighted by Gasteiger charge is -2.18. The summed E-state index contributed by atoms with van der Waals surface area (Å²) in [6.07, 6.45) is -3.21. The Hall–Kier alpha value is -1.98. The Morgan fingerprint density at radius 3 is 2.75 bits per heavy atom. The molecule has 1 aliphatic carbocycles. The summed E-state index contributed by atoms with van der Waals surface area (Å²) in [6.45, 7) is 0. The third kappa shape index (κ3) is 1.95. The summed E-state index contributed by atoms with van der Waals surface area (Å²) in [4.78, 5) is 13.9. The van der Waals surface area contributed by atoms with Crippen molar-refractivity contribution in [2.75, 3.05) is 0 Å². The number of benzene rings is 1. The Bertz CT molecular complexity index is 688. The molecule has 1 aromatic heterocycles. The van der Waals surface area contributed by atoms with Gasteiger partial charge in [0, 0.05) is 11.1 Å². The fraction of sp³-hybridized carbons (Fsp3) is 0.357. The van der Waals surface area contributed by atoms with Crippen molar-refractivity contribution in [3.63, 3.8) is 0 Å². The van der Waals surface area contributed by atoms with Crippen molar-refractivity contribution in [3.8, 4) is 0 Å². The number of alkyl halides is 3. The van der Waals surface area contributed by atoms with Crippen LogP contribution in [0.25, 0.3) is 10.9 Å². The molecule has 0 radical (unpaired) electrons. The molecule has 0 bridgehead atoms. The molecule has 2 aromatic rings. The number of carbonyl (C=O) groups is 1. The molecule has 106 valence electrons. The van der Waals surface area contributed by atoms with Gasteiger partial charge in [-0.15, -0.1) is 0 Å². The molecular weight excluding hydrogens is 271 g/mol. The third-order valence-corrected chi connectivity index (χ3v) is 3.88. The third-order valence-electron chi connectivity index (χ3n) is 3.88. The van der Waals surface area contributed by atoms with Gasteiger partial charge < -0.3 is 10.1 Å². The summed E-state index contributed by atoms with van der Waals surface area (Å²) in [5.41, 5.74) is 0.811. The number of rotatable bonds is 1. The lowest BCUT2D eigenvalue weighted by molar-refractivity contribution is -0.142. The van der Waals surface area contributed by atoms with Crippen LogP contribution in [0.2, 0.25) is 0 Å². The molecule has 0 saturated carbocycles. The number of aromatic nitrogens is 1. The topological polar surface area (TPSA) is 53.1 Å². The number of hydrogen-bond donors (Lipinski definition) is 2. The maximum absolute atomic E-state index is 13.0. The molecule has 1 unspecified atom stereocenters. The summed E-state index contributed by atoms with van der Waals surface area (Å²) in [7, 11) is 0. The van der Waals surface area contributed by atoms with E-state index in [1.54, 1.807) is 6.07 Å². The highest BCUT2D eigenvalue weighted by molar-refractivity contribution is 5.88. The first-order valence-corrected chi connectivity index (χ1v) is 6.30. The quantitative estimate of drug-likeness (QED) is 0.843. The second-order valence-corrected chi connectivity index (χ2v) is 5.09. The monoisotopic (exact) mass is 283 g/mol. The van der Waals surface area contributed by atoms with E-state index in [-0.39, 0.29) is 11.9 Å². The van der Waals surface area contributed by atoms with Crippen LogP contribution in [-0.2, 0) is 23.8 Å². The van der Waals surface area contributed by atoms with Crippen LogP contribution in [-0.4, -0.2) is 16.1 Å². The molecule has 1 aliphatic rings. The number of carboxylic acids is 1. The fourth-order valence-corrected chi connectivity index (χ4v) is 2.89. The second-order valence-electron chi connectivity index (χ2n) is 5.09. The SMILES string of the molecule is O=C(O)C1CCc2[nH]c3c(C(F)(F)F)cccc3c2C1. The van der Waals surface area contributed by atoms with Crippen molar-refractivity contribution < 1.29 is 23.1 Å². The van der Waals surface area contributed by atoms with E-state index in [0.717, 1.165) is 11.8 Å². The molecule has 0 saturated heterocycles. The van der Waals surface area contributed by atoms with E-state index in [4.69, 9.17) is 5.11 Å². The lowest BCUT2D eigenvalue weighted by Crippen LogP contribution is -2.21. The predicted molar refractivity (Wildman–Crippen MR) is 66.5 cm³/mol. The molecule has 6 heteroatoms. The summed E-state index contributed by atoms with van der Waals surface area (Å²) >= 11 is 0. The van der Waals surface area contributed by atoms with Gasteiger partial charge in [0.05, 0.1) is 17.0 Å². The van der Waals surface area contributed by atoms with Gasteiger partial charge in [-0.05, 0) is 30.9 Å². The first-order valence-electron chi connectivity index (χ1n) is 6.30. The zero-order chi connectivity index (χ0) is 14.5. The Kier molecular flexibility index (Phi) is 2.77. The molecule has 0 aliphatic heterocycles. The van der Waals surface area contributed by atoms with E-state index < -0.39 is 23.6 Å². The predicted octanol–water partition coefficient (Wildman–Crippen LogP) is 3.38. The molecule has 1 aromatic carbocycles. The molecule has 3 rings (SSSR count). The average molecular weight is 283 g/mol.